The minimum absolute atomic E-state index is 0.0592. The summed E-state index contributed by atoms with van der Waals surface area (Å²) >= 11 is 1.27. The fourth-order valence-corrected chi connectivity index (χ4v) is 2.86. The SMILES string of the molecule is CCC(N)Cc1cc(F)ccc1Sc1ccc(F)c(F)c1. The first kappa shape index (κ1) is 15.9. The van der Waals surface area contributed by atoms with Gasteiger partial charge < -0.3 is 5.73 Å². The van der Waals surface area contributed by atoms with Gasteiger partial charge in [-0.05, 0) is 54.8 Å². The molecule has 0 radical (unpaired) electrons. The van der Waals surface area contributed by atoms with Crippen LogP contribution in [0.3, 0.4) is 0 Å². The molecule has 21 heavy (non-hydrogen) atoms. The maximum absolute atomic E-state index is 13.4. The van der Waals surface area contributed by atoms with E-state index in [1.807, 2.05) is 6.92 Å². The fourth-order valence-electron chi connectivity index (χ4n) is 1.90. The molecule has 0 bridgehead atoms. The van der Waals surface area contributed by atoms with Crippen molar-refractivity contribution in [2.24, 2.45) is 5.73 Å². The zero-order valence-electron chi connectivity index (χ0n) is 11.6. The Morgan fingerprint density at radius 1 is 1.05 bits per heavy atom. The van der Waals surface area contributed by atoms with E-state index in [1.54, 1.807) is 6.07 Å². The molecule has 0 heterocycles. The van der Waals surface area contributed by atoms with Crippen molar-refractivity contribution < 1.29 is 13.2 Å². The van der Waals surface area contributed by atoms with E-state index in [1.165, 1.54) is 30.0 Å². The Hall–Kier alpha value is -1.46. The lowest BCUT2D eigenvalue weighted by Crippen LogP contribution is -2.21. The van der Waals surface area contributed by atoms with Crippen molar-refractivity contribution in [3.63, 3.8) is 0 Å². The van der Waals surface area contributed by atoms with Crippen LogP contribution in [-0.4, -0.2) is 6.04 Å². The van der Waals surface area contributed by atoms with Crippen LogP contribution in [0.15, 0.2) is 46.2 Å². The van der Waals surface area contributed by atoms with Crippen molar-refractivity contribution in [3.05, 3.63) is 59.4 Å². The molecule has 0 aliphatic heterocycles. The standard InChI is InChI=1S/C16H16F3NS/c1-2-12(20)8-10-7-11(17)3-6-16(10)21-13-4-5-14(18)15(19)9-13/h3-7,9,12H,2,8,20H2,1H3. The van der Waals surface area contributed by atoms with E-state index in [4.69, 9.17) is 5.73 Å². The third-order valence-electron chi connectivity index (χ3n) is 3.15. The summed E-state index contributed by atoms with van der Waals surface area (Å²) in [5.41, 5.74) is 6.70. The molecular formula is C16H16F3NS. The monoisotopic (exact) mass is 311 g/mol. The molecule has 0 spiro atoms. The molecule has 0 aliphatic carbocycles. The molecule has 0 saturated heterocycles. The lowest BCUT2D eigenvalue weighted by Gasteiger charge is -2.13. The van der Waals surface area contributed by atoms with Crippen molar-refractivity contribution in [1.29, 1.82) is 0 Å². The first-order chi connectivity index (χ1) is 9.99. The normalized spacial score (nSPS) is 12.4. The molecule has 0 saturated carbocycles. The predicted molar refractivity (Wildman–Crippen MR) is 78.9 cm³/mol. The van der Waals surface area contributed by atoms with Gasteiger partial charge in [-0.1, -0.05) is 18.7 Å². The molecule has 1 atom stereocenters. The van der Waals surface area contributed by atoms with Gasteiger partial charge in [0.15, 0.2) is 11.6 Å². The molecule has 112 valence electrons. The highest BCUT2D eigenvalue weighted by molar-refractivity contribution is 7.99. The molecule has 0 amide bonds. The molecule has 0 fully saturated rings. The Balaban J connectivity index is 2.28. The van der Waals surface area contributed by atoms with Crippen LogP contribution in [0.2, 0.25) is 0 Å². The van der Waals surface area contributed by atoms with E-state index in [2.05, 4.69) is 0 Å². The second-order valence-electron chi connectivity index (χ2n) is 4.80. The number of halogens is 3. The van der Waals surface area contributed by atoms with E-state index in [0.717, 1.165) is 29.0 Å². The third-order valence-corrected chi connectivity index (χ3v) is 4.26. The quantitative estimate of drug-likeness (QED) is 0.877. The van der Waals surface area contributed by atoms with Crippen molar-refractivity contribution in [2.75, 3.05) is 0 Å². The van der Waals surface area contributed by atoms with Crippen molar-refractivity contribution in [1.82, 2.24) is 0 Å². The minimum atomic E-state index is -0.895. The maximum atomic E-state index is 13.4. The summed E-state index contributed by atoms with van der Waals surface area (Å²) in [7, 11) is 0. The zero-order valence-corrected chi connectivity index (χ0v) is 12.4. The molecular weight excluding hydrogens is 295 g/mol. The summed E-state index contributed by atoms with van der Waals surface area (Å²) < 4.78 is 39.6. The van der Waals surface area contributed by atoms with Crippen LogP contribution in [0.4, 0.5) is 13.2 Å². The summed E-state index contributed by atoms with van der Waals surface area (Å²) in [5.74, 6) is -2.11. The summed E-state index contributed by atoms with van der Waals surface area (Å²) in [5, 5.41) is 0. The topological polar surface area (TPSA) is 26.0 Å². The maximum Gasteiger partial charge on any atom is 0.159 e. The second-order valence-corrected chi connectivity index (χ2v) is 5.92. The van der Waals surface area contributed by atoms with Gasteiger partial charge in [0.05, 0.1) is 0 Å². The molecule has 5 heteroatoms. The highest BCUT2D eigenvalue weighted by Crippen LogP contribution is 2.32. The van der Waals surface area contributed by atoms with Crippen LogP contribution >= 0.6 is 11.8 Å². The average Bonchev–Trinajstić information content (AvgIpc) is 2.45. The van der Waals surface area contributed by atoms with Crippen LogP contribution < -0.4 is 5.73 Å². The second kappa shape index (κ2) is 7.00. The zero-order chi connectivity index (χ0) is 15.4. The van der Waals surface area contributed by atoms with Gasteiger partial charge in [-0.2, -0.15) is 0 Å². The number of rotatable bonds is 5. The molecule has 2 rings (SSSR count). The molecule has 2 N–H and O–H groups in total. The van der Waals surface area contributed by atoms with Gasteiger partial charge in [-0.25, -0.2) is 13.2 Å². The van der Waals surface area contributed by atoms with E-state index >= 15 is 0 Å². The summed E-state index contributed by atoms with van der Waals surface area (Å²) in [6, 6.07) is 8.08. The number of hydrogen-bond acceptors (Lipinski definition) is 2. The molecule has 2 aromatic rings. The molecule has 0 aliphatic rings. The smallest absolute Gasteiger partial charge is 0.159 e. The van der Waals surface area contributed by atoms with E-state index < -0.39 is 11.6 Å². The van der Waals surface area contributed by atoms with Crippen molar-refractivity contribution in [2.45, 2.75) is 35.6 Å². The van der Waals surface area contributed by atoms with E-state index in [-0.39, 0.29) is 11.9 Å². The van der Waals surface area contributed by atoms with Gasteiger partial charge in [0, 0.05) is 15.8 Å². The van der Waals surface area contributed by atoms with Gasteiger partial charge in [0.1, 0.15) is 5.82 Å². The Bertz CT molecular complexity index is 631. The van der Waals surface area contributed by atoms with Gasteiger partial charge in [0.25, 0.3) is 0 Å². The van der Waals surface area contributed by atoms with Gasteiger partial charge in [0.2, 0.25) is 0 Å². The summed E-state index contributed by atoms with van der Waals surface area (Å²) in [6.07, 6.45) is 1.33. The van der Waals surface area contributed by atoms with Gasteiger partial charge in [-0.15, -0.1) is 0 Å². The lowest BCUT2D eigenvalue weighted by atomic mass is 10.0. The lowest BCUT2D eigenvalue weighted by molar-refractivity contribution is 0.506. The average molecular weight is 311 g/mol. The van der Waals surface area contributed by atoms with Crippen LogP contribution in [0, 0.1) is 17.5 Å². The molecule has 1 unspecified atom stereocenters. The van der Waals surface area contributed by atoms with Crippen molar-refractivity contribution >= 4 is 11.8 Å². The summed E-state index contributed by atoms with van der Waals surface area (Å²) in [6.45, 7) is 1.96. The number of benzene rings is 2. The summed E-state index contributed by atoms with van der Waals surface area (Å²) in [4.78, 5) is 1.36. The Morgan fingerprint density at radius 2 is 1.81 bits per heavy atom. The molecule has 0 aromatic heterocycles. The largest absolute Gasteiger partial charge is 0.327 e. The van der Waals surface area contributed by atoms with Crippen LogP contribution in [0.5, 0.6) is 0 Å². The molecule has 2 aromatic carbocycles. The predicted octanol–water partition coefficient (Wildman–Crippen LogP) is 4.53. The first-order valence-corrected chi connectivity index (χ1v) is 7.48. The first-order valence-electron chi connectivity index (χ1n) is 6.66. The Kier molecular flexibility index (Phi) is 5.31. The minimum Gasteiger partial charge on any atom is -0.327 e. The van der Waals surface area contributed by atoms with E-state index in [9.17, 15) is 13.2 Å². The Morgan fingerprint density at radius 3 is 2.48 bits per heavy atom. The third kappa shape index (κ3) is 4.25. The Labute approximate surface area is 126 Å². The van der Waals surface area contributed by atoms with Gasteiger partial charge >= 0.3 is 0 Å². The number of hydrogen-bond donors (Lipinski definition) is 1. The van der Waals surface area contributed by atoms with Crippen LogP contribution in [0.25, 0.3) is 0 Å². The van der Waals surface area contributed by atoms with Crippen LogP contribution in [-0.2, 0) is 6.42 Å². The highest BCUT2D eigenvalue weighted by Gasteiger charge is 2.11. The fraction of sp³-hybridized carbons (Fsp3) is 0.250. The highest BCUT2D eigenvalue weighted by atomic mass is 32.2. The van der Waals surface area contributed by atoms with Crippen LogP contribution in [0.1, 0.15) is 18.9 Å². The molecule has 1 nitrogen and oxygen atoms in total. The van der Waals surface area contributed by atoms with Crippen molar-refractivity contribution in [3.8, 4) is 0 Å². The van der Waals surface area contributed by atoms with E-state index in [0.29, 0.717) is 11.3 Å². The van der Waals surface area contributed by atoms with Gasteiger partial charge in [-0.3, -0.25) is 0 Å². The number of nitrogens with two attached hydrogens (primary N) is 1.